The van der Waals surface area contributed by atoms with Gasteiger partial charge < -0.3 is 14.9 Å². The molecule has 0 aromatic carbocycles. The van der Waals surface area contributed by atoms with Crippen LogP contribution in [0.25, 0.3) is 0 Å². The number of hydrogen-bond donors (Lipinski definition) is 2. The first kappa shape index (κ1) is 23.5. The van der Waals surface area contributed by atoms with Crippen LogP contribution in [0.15, 0.2) is 0 Å². The van der Waals surface area contributed by atoms with E-state index in [2.05, 4.69) is 27.7 Å². The molecule has 4 nitrogen and oxygen atoms in total. The van der Waals surface area contributed by atoms with Crippen LogP contribution in [-0.4, -0.2) is 35.0 Å². The Kier molecular flexibility index (Phi) is 6.31. The minimum atomic E-state index is -0.244. The van der Waals surface area contributed by atoms with Crippen LogP contribution in [0.3, 0.4) is 0 Å². The number of hydrogen-bond acceptors (Lipinski definition) is 4. The summed E-state index contributed by atoms with van der Waals surface area (Å²) in [6, 6.07) is 0. The Morgan fingerprint density at radius 3 is 2.48 bits per heavy atom. The molecule has 31 heavy (non-hydrogen) atoms. The van der Waals surface area contributed by atoms with Crippen molar-refractivity contribution in [2.75, 3.05) is 6.61 Å². The number of aliphatic hydroxyl groups is 2. The lowest BCUT2D eigenvalue weighted by Crippen LogP contribution is -2.62. The van der Waals surface area contributed by atoms with Crippen molar-refractivity contribution < 1.29 is 19.7 Å². The molecular weight excluding hydrogens is 388 g/mol. The monoisotopic (exact) mass is 434 g/mol. The second-order valence-electron chi connectivity index (χ2n) is 12.5. The molecule has 3 unspecified atom stereocenters. The van der Waals surface area contributed by atoms with Gasteiger partial charge in [-0.15, -0.1) is 0 Å². The third-order valence-corrected chi connectivity index (χ3v) is 11.2. The number of carbonyl (C=O) groups is 1. The van der Waals surface area contributed by atoms with E-state index in [4.69, 9.17) is 4.74 Å². The Morgan fingerprint density at radius 1 is 1.03 bits per heavy atom. The predicted molar refractivity (Wildman–Crippen MR) is 122 cm³/mol. The molecule has 0 spiro atoms. The maximum Gasteiger partial charge on any atom is 0.305 e. The van der Waals surface area contributed by atoms with Gasteiger partial charge in [-0.2, -0.15) is 0 Å². The van der Waals surface area contributed by atoms with Crippen molar-refractivity contribution in [2.24, 2.45) is 45.8 Å². The summed E-state index contributed by atoms with van der Waals surface area (Å²) < 4.78 is 5.16. The molecule has 0 radical (unpaired) electrons. The van der Waals surface area contributed by atoms with Crippen molar-refractivity contribution in [1.29, 1.82) is 0 Å². The average Bonchev–Trinajstić information content (AvgIpc) is 3.05. The smallest absolute Gasteiger partial charge is 0.305 e. The molecule has 4 aliphatic carbocycles. The van der Waals surface area contributed by atoms with Crippen molar-refractivity contribution >= 4 is 5.97 Å². The van der Waals surface area contributed by atoms with Crippen LogP contribution in [-0.2, 0) is 9.53 Å². The molecule has 4 aliphatic rings. The van der Waals surface area contributed by atoms with E-state index in [1.165, 1.54) is 25.7 Å². The maximum absolute atomic E-state index is 11.9. The van der Waals surface area contributed by atoms with Crippen molar-refractivity contribution in [3.05, 3.63) is 0 Å². The minimum absolute atomic E-state index is 0.0456. The van der Waals surface area contributed by atoms with Gasteiger partial charge in [-0.25, -0.2) is 0 Å². The van der Waals surface area contributed by atoms with E-state index in [0.717, 1.165) is 32.1 Å². The number of carbonyl (C=O) groups excluding carboxylic acids is 1. The Labute approximate surface area is 189 Å². The summed E-state index contributed by atoms with van der Waals surface area (Å²) in [7, 11) is 0. The third-order valence-electron chi connectivity index (χ3n) is 11.2. The van der Waals surface area contributed by atoms with Gasteiger partial charge in [-0.1, -0.05) is 27.7 Å². The van der Waals surface area contributed by atoms with E-state index in [1.807, 2.05) is 6.92 Å². The highest BCUT2D eigenvalue weighted by Gasteiger charge is 2.65. The van der Waals surface area contributed by atoms with Gasteiger partial charge in [0, 0.05) is 6.42 Å². The predicted octanol–water partition coefficient (Wildman–Crippen LogP) is 5.35. The van der Waals surface area contributed by atoms with Gasteiger partial charge in [0.1, 0.15) is 0 Å². The van der Waals surface area contributed by atoms with E-state index in [0.29, 0.717) is 42.6 Å². The number of esters is 1. The third kappa shape index (κ3) is 3.68. The summed E-state index contributed by atoms with van der Waals surface area (Å²) in [5.41, 5.74) is 0.545. The van der Waals surface area contributed by atoms with E-state index in [9.17, 15) is 15.0 Å². The van der Waals surface area contributed by atoms with Crippen molar-refractivity contribution in [1.82, 2.24) is 0 Å². The van der Waals surface area contributed by atoms with Crippen molar-refractivity contribution in [3.63, 3.8) is 0 Å². The molecule has 0 bridgehead atoms. The van der Waals surface area contributed by atoms with Gasteiger partial charge in [0.25, 0.3) is 0 Å². The molecule has 0 amide bonds. The van der Waals surface area contributed by atoms with E-state index in [-0.39, 0.29) is 34.4 Å². The van der Waals surface area contributed by atoms with Gasteiger partial charge in [-0.05, 0) is 111 Å². The molecule has 0 aromatic heterocycles. The van der Waals surface area contributed by atoms with Gasteiger partial charge in [-0.3, -0.25) is 4.79 Å². The summed E-state index contributed by atoms with van der Waals surface area (Å²) in [5.74, 6) is 2.64. The molecule has 4 rings (SSSR count). The highest BCUT2D eigenvalue weighted by atomic mass is 16.5. The van der Waals surface area contributed by atoms with Crippen LogP contribution in [0.5, 0.6) is 0 Å². The fourth-order valence-electron chi connectivity index (χ4n) is 9.40. The normalized spacial score (nSPS) is 50.2. The van der Waals surface area contributed by atoms with Crippen LogP contribution in [0.4, 0.5) is 0 Å². The van der Waals surface area contributed by atoms with E-state index < -0.39 is 0 Å². The van der Waals surface area contributed by atoms with E-state index in [1.54, 1.807) is 0 Å². The Morgan fingerprint density at radius 2 is 1.77 bits per heavy atom. The fraction of sp³-hybridized carbons (Fsp3) is 0.963. The second-order valence-corrected chi connectivity index (χ2v) is 12.5. The summed E-state index contributed by atoms with van der Waals surface area (Å²) in [5, 5.41) is 21.9. The SMILES string of the molecule is CCOC(=O)CC[C@@H](C)[C@H]1CCC2C3C(CC[C@@]21C)[C@@]1(C)CC[C@@H](O)C[C@@]1(C)C[C@H]3O. The van der Waals surface area contributed by atoms with Crippen molar-refractivity contribution in [3.8, 4) is 0 Å². The molecule has 4 heteroatoms. The zero-order valence-corrected chi connectivity index (χ0v) is 20.5. The first-order valence-electron chi connectivity index (χ1n) is 13.1. The Hall–Kier alpha value is -0.610. The standard InChI is InChI=1S/C27H46O4/c1-6-31-23(30)10-7-17(2)19-8-9-20-24-21(12-13-26(19,20)4)27(5)14-11-18(28)15-25(27,3)16-22(24)29/h17-22,24,28-29H,6-16H2,1-5H3/t17-,18-,19-,20?,21?,22-,24?,25+,26-,27-/m1/s1. The van der Waals surface area contributed by atoms with Crippen LogP contribution in [0, 0.1) is 45.8 Å². The second kappa shape index (κ2) is 8.31. The highest BCUT2D eigenvalue weighted by molar-refractivity contribution is 5.69. The molecular formula is C27H46O4. The molecule has 4 fully saturated rings. The quantitative estimate of drug-likeness (QED) is 0.573. The largest absolute Gasteiger partial charge is 0.466 e. The lowest BCUT2D eigenvalue weighted by atomic mass is 9.39. The fourth-order valence-corrected chi connectivity index (χ4v) is 9.40. The maximum atomic E-state index is 11.9. The van der Waals surface area contributed by atoms with Crippen LogP contribution in [0.1, 0.15) is 98.8 Å². The summed E-state index contributed by atoms with van der Waals surface area (Å²) in [6.07, 6.45) is 9.60. The summed E-state index contributed by atoms with van der Waals surface area (Å²) in [6.45, 7) is 12.0. The number of aliphatic hydroxyl groups excluding tert-OH is 2. The van der Waals surface area contributed by atoms with Gasteiger partial charge >= 0.3 is 5.97 Å². The van der Waals surface area contributed by atoms with Gasteiger partial charge in [0.15, 0.2) is 0 Å². The van der Waals surface area contributed by atoms with Crippen molar-refractivity contribution in [2.45, 2.75) is 111 Å². The number of fused-ring (bicyclic) bond motifs is 5. The van der Waals surface area contributed by atoms with Crippen LogP contribution in [0.2, 0.25) is 0 Å². The Bertz CT molecular complexity index is 678. The first-order valence-corrected chi connectivity index (χ1v) is 13.1. The summed E-state index contributed by atoms with van der Waals surface area (Å²) in [4.78, 5) is 11.9. The number of rotatable bonds is 5. The lowest BCUT2D eigenvalue weighted by molar-refractivity contribution is -0.210. The minimum Gasteiger partial charge on any atom is -0.466 e. The van der Waals surface area contributed by atoms with Crippen LogP contribution < -0.4 is 0 Å². The first-order chi connectivity index (χ1) is 14.6. The molecule has 2 N–H and O–H groups in total. The molecule has 178 valence electrons. The summed E-state index contributed by atoms with van der Waals surface area (Å²) >= 11 is 0. The zero-order chi connectivity index (χ0) is 22.6. The molecule has 4 saturated carbocycles. The lowest BCUT2D eigenvalue weighted by Gasteiger charge is -2.66. The van der Waals surface area contributed by atoms with Gasteiger partial charge in [0.2, 0.25) is 0 Å². The average molecular weight is 435 g/mol. The van der Waals surface area contributed by atoms with E-state index >= 15 is 0 Å². The highest BCUT2D eigenvalue weighted by Crippen LogP contribution is 2.71. The molecule has 0 aliphatic heterocycles. The van der Waals surface area contributed by atoms with Gasteiger partial charge in [0.05, 0.1) is 18.8 Å². The molecule has 0 saturated heterocycles. The molecule has 0 heterocycles. The topological polar surface area (TPSA) is 66.8 Å². The molecule has 0 aromatic rings. The Balaban J connectivity index is 1.52. The van der Waals surface area contributed by atoms with Crippen LogP contribution >= 0.6 is 0 Å². The number of ether oxygens (including phenoxy) is 1. The zero-order valence-electron chi connectivity index (χ0n) is 20.5. The molecule has 10 atom stereocenters.